The average molecular weight is 729 g/mol. The molecule has 0 aliphatic carbocycles. The van der Waals surface area contributed by atoms with E-state index in [4.69, 9.17) is 37.7 Å². The van der Waals surface area contributed by atoms with E-state index >= 15 is 0 Å². The summed E-state index contributed by atoms with van der Waals surface area (Å²) in [5, 5.41) is 3.78. The van der Waals surface area contributed by atoms with Gasteiger partial charge in [-0.15, -0.1) is 0 Å². The van der Waals surface area contributed by atoms with Gasteiger partial charge in [0.15, 0.2) is 6.29 Å². The van der Waals surface area contributed by atoms with Crippen LogP contribution >= 0.6 is 23.2 Å². The molecule has 3 aromatic heterocycles. The summed E-state index contributed by atoms with van der Waals surface area (Å²) in [6.07, 6.45) is 5.54. The number of nitrogens with zero attached hydrogens (tertiary/aromatic N) is 4. The third kappa shape index (κ3) is 7.59. The topological polar surface area (TPSA) is 132 Å². The first-order valence-electron chi connectivity index (χ1n) is 16.5. The summed E-state index contributed by atoms with van der Waals surface area (Å²) in [4.78, 5) is 59.3. The first-order valence-corrected chi connectivity index (χ1v) is 17.3. The molecule has 1 saturated heterocycles. The monoisotopic (exact) mass is 727 g/mol. The van der Waals surface area contributed by atoms with E-state index in [0.717, 1.165) is 18.4 Å². The van der Waals surface area contributed by atoms with Gasteiger partial charge in [-0.2, -0.15) is 0 Å². The SMILES string of the molecule is CCCCOC(=O)N(Cc1ccc(-c2cccc(-c3cccc(-c4ccn5c(=O)c(C=O)cnc5c4)c3Cl)c2Cl)nc1OC)C[C@@H]1CCC(=O)N1. The van der Waals surface area contributed by atoms with Crippen molar-refractivity contribution in [2.24, 2.45) is 0 Å². The fourth-order valence-corrected chi connectivity index (χ4v) is 6.70. The van der Waals surface area contributed by atoms with E-state index in [-0.39, 0.29) is 24.1 Å². The van der Waals surface area contributed by atoms with Crippen LogP contribution in [0.2, 0.25) is 10.0 Å². The third-order valence-electron chi connectivity index (χ3n) is 8.74. The van der Waals surface area contributed by atoms with Crippen LogP contribution < -0.4 is 15.6 Å². The molecule has 1 N–H and O–H groups in total. The standard InChI is InChI=1S/C38H35Cl2N5O6/c1-3-4-17-51-38(49)44(21-26-12-14-33(47)42-26)20-24-11-13-31(43-36(24)50-2)30-10-6-9-29(35(30)40)28-8-5-7-27(34(28)39)23-15-16-45-32(18-23)41-19-25(22-46)37(45)48/h5-11,13,15-16,18-19,22,26H,3-4,12,14,17,20-21H2,1-2H3,(H,42,47)/t26-/m0/s1. The van der Waals surface area contributed by atoms with E-state index in [1.807, 2.05) is 55.5 Å². The number of hydrogen-bond donors (Lipinski definition) is 1. The second kappa shape index (κ2) is 15.7. The minimum Gasteiger partial charge on any atom is -0.481 e. The molecule has 1 aliphatic heterocycles. The molecule has 0 bridgehead atoms. The van der Waals surface area contributed by atoms with Crippen LogP contribution in [0.25, 0.3) is 39.2 Å². The number of ether oxygens (including phenoxy) is 2. The highest BCUT2D eigenvalue weighted by molar-refractivity contribution is 6.39. The Bertz CT molecular complexity index is 2190. The first-order chi connectivity index (χ1) is 24.7. The molecular formula is C38H35Cl2N5O6. The molecule has 1 aliphatic rings. The molecular weight excluding hydrogens is 693 g/mol. The summed E-state index contributed by atoms with van der Waals surface area (Å²) in [5.74, 6) is 0.286. The van der Waals surface area contributed by atoms with Gasteiger partial charge in [-0.1, -0.05) is 72.9 Å². The molecule has 0 unspecified atom stereocenters. The van der Waals surface area contributed by atoms with Crippen molar-refractivity contribution in [1.82, 2.24) is 24.6 Å². The van der Waals surface area contributed by atoms with Crippen molar-refractivity contribution >= 4 is 47.1 Å². The maximum absolute atomic E-state index is 13.1. The van der Waals surface area contributed by atoms with Crippen LogP contribution in [-0.2, 0) is 16.1 Å². The molecule has 11 nitrogen and oxygen atoms in total. The van der Waals surface area contributed by atoms with Gasteiger partial charge in [0.25, 0.3) is 5.56 Å². The van der Waals surface area contributed by atoms with Crippen molar-refractivity contribution in [2.45, 2.75) is 45.2 Å². The zero-order valence-electron chi connectivity index (χ0n) is 28.0. The molecule has 1 fully saturated rings. The number of benzene rings is 2. The van der Waals surface area contributed by atoms with E-state index in [9.17, 15) is 19.2 Å². The lowest BCUT2D eigenvalue weighted by atomic mass is 9.97. The molecule has 6 rings (SSSR count). The summed E-state index contributed by atoms with van der Waals surface area (Å²) < 4.78 is 12.5. The number of nitrogens with one attached hydrogen (secondary N) is 1. The Balaban J connectivity index is 1.30. The minimum atomic E-state index is -0.466. The number of amides is 2. The second-order valence-corrected chi connectivity index (χ2v) is 12.9. The molecule has 1 atom stereocenters. The molecule has 0 spiro atoms. The van der Waals surface area contributed by atoms with Crippen LogP contribution in [0.1, 0.15) is 48.5 Å². The highest BCUT2D eigenvalue weighted by atomic mass is 35.5. The molecule has 2 amide bonds. The number of carbonyl (C=O) groups is 3. The van der Waals surface area contributed by atoms with E-state index < -0.39 is 11.7 Å². The lowest BCUT2D eigenvalue weighted by molar-refractivity contribution is -0.119. The van der Waals surface area contributed by atoms with E-state index in [2.05, 4.69) is 10.3 Å². The van der Waals surface area contributed by atoms with E-state index in [0.29, 0.717) is 87.4 Å². The van der Waals surface area contributed by atoms with Gasteiger partial charge in [0.2, 0.25) is 11.8 Å². The van der Waals surface area contributed by atoms with Crippen LogP contribution in [0.5, 0.6) is 5.88 Å². The van der Waals surface area contributed by atoms with Crippen molar-refractivity contribution in [1.29, 1.82) is 0 Å². The minimum absolute atomic E-state index is 0.0309. The van der Waals surface area contributed by atoms with Gasteiger partial charge in [-0.25, -0.2) is 14.8 Å². The summed E-state index contributed by atoms with van der Waals surface area (Å²) >= 11 is 14.1. The van der Waals surface area contributed by atoms with Crippen molar-refractivity contribution in [3.63, 3.8) is 0 Å². The number of hydrogen-bond acceptors (Lipinski definition) is 8. The van der Waals surface area contributed by atoms with Crippen molar-refractivity contribution in [3.8, 4) is 39.4 Å². The number of methoxy groups -OCH3 is 1. The largest absolute Gasteiger partial charge is 0.481 e. The zero-order chi connectivity index (χ0) is 36.1. The van der Waals surface area contributed by atoms with Gasteiger partial charge < -0.3 is 19.7 Å². The number of fused-ring (bicyclic) bond motifs is 1. The Labute approximate surface area is 304 Å². The number of halogens is 2. The quantitative estimate of drug-likeness (QED) is 0.105. The zero-order valence-corrected chi connectivity index (χ0v) is 29.5. The highest BCUT2D eigenvalue weighted by Crippen LogP contribution is 2.42. The molecule has 5 aromatic rings. The number of aldehydes is 1. The molecule has 2 aromatic carbocycles. The smallest absolute Gasteiger partial charge is 0.410 e. The van der Waals surface area contributed by atoms with Crippen molar-refractivity contribution in [3.05, 3.63) is 105 Å². The predicted molar refractivity (Wildman–Crippen MR) is 195 cm³/mol. The summed E-state index contributed by atoms with van der Waals surface area (Å²) in [7, 11) is 1.51. The average Bonchev–Trinajstić information content (AvgIpc) is 3.56. The van der Waals surface area contributed by atoms with E-state index in [1.54, 1.807) is 23.2 Å². The Morgan fingerprint density at radius 2 is 1.76 bits per heavy atom. The molecule has 0 radical (unpaired) electrons. The van der Waals surface area contributed by atoms with Gasteiger partial charge >= 0.3 is 6.09 Å². The summed E-state index contributed by atoms with van der Waals surface area (Å²) in [5.41, 5.74) is 4.53. The van der Waals surface area contributed by atoms with Gasteiger partial charge in [-0.05, 0) is 42.7 Å². The molecule has 0 saturated carbocycles. The maximum atomic E-state index is 13.1. The highest BCUT2D eigenvalue weighted by Gasteiger charge is 2.27. The van der Waals surface area contributed by atoms with Gasteiger partial charge in [0, 0.05) is 59.2 Å². The number of carbonyl (C=O) groups excluding carboxylic acids is 3. The summed E-state index contributed by atoms with van der Waals surface area (Å²) in [6.45, 7) is 2.79. The molecule has 262 valence electrons. The normalized spacial score (nSPS) is 14.0. The van der Waals surface area contributed by atoms with Gasteiger partial charge in [0.1, 0.15) is 5.65 Å². The first kappa shape index (κ1) is 35.6. The predicted octanol–water partition coefficient (Wildman–Crippen LogP) is 7.24. The third-order valence-corrected chi connectivity index (χ3v) is 9.55. The fourth-order valence-electron chi connectivity index (χ4n) is 6.04. The molecule has 4 heterocycles. The Morgan fingerprint density at radius 1 is 1.04 bits per heavy atom. The van der Waals surface area contributed by atoms with Crippen LogP contribution in [-0.4, -0.2) is 63.9 Å². The fraction of sp³-hybridized carbons (Fsp3) is 0.263. The van der Waals surface area contributed by atoms with Crippen LogP contribution in [0.4, 0.5) is 4.79 Å². The maximum Gasteiger partial charge on any atom is 0.410 e. The molecule has 13 heteroatoms. The van der Waals surface area contributed by atoms with Gasteiger partial charge in [-0.3, -0.25) is 18.8 Å². The molecule has 51 heavy (non-hydrogen) atoms. The number of rotatable bonds is 12. The number of unbranched alkanes of at least 4 members (excludes halogenated alkanes) is 1. The number of pyridine rings is 2. The van der Waals surface area contributed by atoms with Crippen molar-refractivity contribution in [2.75, 3.05) is 20.3 Å². The second-order valence-electron chi connectivity index (χ2n) is 12.1. The van der Waals surface area contributed by atoms with E-state index in [1.165, 1.54) is 17.7 Å². The number of aromatic nitrogens is 3. The lowest BCUT2D eigenvalue weighted by Gasteiger charge is -2.26. The van der Waals surface area contributed by atoms with Crippen LogP contribution in [0.15, 0.2) is 77.9 Å². The van der Waals surface area contributed by atoms with Gasteiger partial charge in [0.05, 0.1) is 41.6 Å². The summed E-state index contributed by atoms with van der Waals surface area (Å²) in [6, 6.07) is 18.1. The van der Waals surface area contributed by atoms with Crippen molar-refractivity contribution < 1.29 is 23.9 Å². The van der Waals surface area contributed by atoms with Crippen LogP contribution in [0.3, 0.4) is 0 Å². The lowest BCUT2D eigenvalue weighted by Crippen LogP contribution is -2.42. The Kier molecular flexibility index (Phi) is 11.0. The Hall–Kier alpha value is -5.26. The van der Waals surface area contributed by atoms with Crippen LogP contribution in [0, 0.1) is 0 Å². The Morgan fingerprint density at radius 3 is 2.45 bits per heavy atom.